The maximum Gasteiger partial charge on any atom is 0.212 e. The third-order valence-electron chi connectivity index (χ3n) is 1.35. The molecule has 0 radical (unpaired) electrons. The highest BCUT2D eigenvalue weighted by Crippen LogP contribution is 2.28. The Morgan fingerprint density at radius 1 is 1.58 bits per heavy atom. The van der Waals surface area contributed by atoms with Gasteiger partial charge in [-0.1, -0.05) is 33.6 Å². The zero-order valence-electron chi connectivity index (χ0n) is 5.89. The Bertz CT molecular complexity index is 334. The first-order chi connectivity index (χ1) is 5.65. The van der Waals surface area contributed by atoms with Crippen molar-refractivity contribution in [2.45, 2.75) is 6.17 Å². The number of hydrogen-bond acceptors (Lipinski definition) is 1. The van der Waals surface area contributed by atoms with Crippen molar-refractivity contribution in [2.24, 2.45) is 0 Å². The normalized spacial score (nSPS) is 12.2. The first-order valence-corrected chi connectivity index (χ1v) is 4.31. The van der Waals surface area contributed by atoms with Crippen LogP contribution in [-0.2, 0) is 0 Å². The summed E-state index contributed by atoms with van der Waals surface area (Å²) >= 11 is 8.74. The highest BCUT2D eigenvalue weighted by atomic mass is 79.9. The monoisotopic (exact) mass is 247 g/mol. The molecule has 1 aromatic rings. The molecule has 0 fully saturated rings. The summed E-state index contributed by atoms with van der Waals surface area (Å²) in [5, 5.41) is 8.81. The molecule has 62 valence electrons. The predicted molar refractivity (Wildman–Crippen MR) is 48.6 cm³/mol. The van der Waals surface area contributed by atoms with E-state index in [1.54, 1.807) is 12.1 Å². The first kappa shape index (κ1) is 9.50. The molecule has 1 rings (SSSR count). The van der Waals surface area contributed by atoms with E-state index in [-0.39, 0.29) is 0 Å². The molecule has 1 unspecified atom stereocenters. The quantitative estimate of drug-likeness (QED) is 0.744. The van der Waals surface area contributed by atoms with Crippen LogP contribution in [0, 0.1) is 11.3 Å². The van der Waals surface area contributed by atoms with Gasteiger partial charge in [0, 0.05) is 15.1 Å². The van der Waals surface area contributed by atoms with Crippen molar-refractivity contribution in [3.8, 4) is 6.07 Å². The SMILES string of the molecule is N#CC(F)c1ccc(Cl)cc1Br. The lowest BCUT2D eigenvalue weighted by Crippen LogP contribution is -1.88. The van der Waals surface area contributed by atoms with Gasteiger partial charge in [-0.25, -0.2) is 4.39 Å². The van der Waals surface area contributed by atoms with Crippen molar-refractivity contribution in [2.75, 3.05) is 0 Å². The van der Waals surface area contributed by atoms with E-state index in [4.69, 9.17) is 16.9 Å². The number of rotatable bonds is 1. The summed E-state index contributed by atoms with van der Waals surface area (Å²) < 4.78 is 13.3. The molecule has 0 amide bonds. The molecule has 1 nitrogen and oxygen atoms in total. The van der Waals surface area contributed by atoms with Gasteiger partial charge in [-0.15, -0.1) is 0 Å². The molecular formula is C8H4BrClFN. The molecule has 1 aromatic carbocycles. The number of hydrogen-bond donors (Lipinski definition) is 0. The van der Waals surface area contributed by atoms with E-state index >= 15 is 0 Å². The average molecular weight is 248 g/mol. The fraction of sp³-hybridized carbons (Fsp3) is 0.125. The number of alkyl halides is 1. The van der Waals surface area contributed by atoms with Gasteiger partial charge in [-0.3, -0.25) is 0 Å². The molecule has 0 aliphatic heterocycles. The minimum atomic E-state index is -1.60. The van der Waals surface area contributed by atoms with Crippen molar-refractivity contribution < 1.29 is 4.39 Å². The van der Waals surface area contributed by atoms with Gasteiger partial charge in [0.15, 0.2) is 0 Å². The van der Waals surface area contributed by atoms with E-state index in [0.29, 0.717) is 15.1 Å². The van der Waals surface area contributed by atoms with Crippen LogP contribution in [0.3, 0.4) is 0 Å². The van der Waals surface area contributed by atoms with Crippen LogP contribution < -0.4 is 0 Å². The summed E-state index contributed by atoms with van der Waals surface area (Å²) in [6.45, 7) is 0. The number of halogens is 3. The molecule has 0 spiro atoms. The van der Waals surface area contributed by atoms with Crippen LogP contribution in [0.5, 0.6) is 0 Å². The number of nitriles is 1. The molecule has 0 saturated heterocycles. The lowest BCUT2D eigenvalue weighted by atomic mass is 10.1. The van der Waals surface area contributed by atoms with Gasteiger partial charge in [0.2, 0.25) is 6.17 Å². The lowest BCUT2D eigenvalue weighted by Gasteiger charge is -2.02. The number of benzene rings is 1. The molecule has 0 bridgehead atoms. The smallest absolute Gasteiger partial charge is 0.212 e. The summed E-state index contributed by atoms with van der Waals surface area (Å²) in [6, 6.07) is 6.09. The van der Waals surface area contributed by atoms with Gasteiger partial charge in [0.05, 0.1) is 0 Å². The maximum atomic E-state index is 12.8. The van der Waals surface area contributed by atoms with Crippen molar-refractivity contribution in [1.29, 1.82) is 5.26 Å². The van der Waals surface area contributed by atoms with E-state index in [0.717, 1.165) is 0 Å². The third-order valence-corrected chi connectivity index (χ3v) is 2.27. The Labute approximate surface area is 82.9 Å². The summed E-state index contributed by atoms with van der Waals surface area (Å²) in [4.78, 5) is 0. The van der Waals surface area contributed by atoms with E-state index in [1.807, 2.05) is 0 Å². The Kier molecular flexibility index (Phi) is 3.07. The molecule has 0 aliphatic rings. The fourth-order valence-electron chi connectivity index (χ4n) is 0.777. The highest BCUT2D eigenvalue weighted by molar-refractivity contribution is 9.10. The summed E-state index contributed by atoms with van der Waals surface area (Å²) in [7, 11) is 0. The van der Waals surface area contributed by atoms with E-state index in [2.05, 4.69) is 15.9 Å². The first-order valence-electron chi connectivity index (χ1n) is 3.14. The maximum absolute atomic E-state index is 12.8. The van der Waals surface area contributed by atoms with Crippen LogP contribution in [0.1, 0.15) is 11.7 Å². The second-order valence-electron chi connectivity index (χ2n) is 2.16. The van der Waals surface area contributed by atoms with Crippen molar-refractivity contribution >= 4 is 27.5 Å². The van der Waals surface area contributed by atoms with Crippen molar-refractivity contribution in [1.82, 2.24) is 0 Å². The third kappa shape index (κ3) is 1.96. The molecule has 0 saturated carbocycles. The summed E-state index contributed by atoms with van der Waals surface area (Å²) in [5.41, 5.74) is 0.307. The second kappa shape index (κ2) is 3.88. The minimum absolute atomic E-state index is 0.307. The fourth-order valence-corrected chi connectivity index (χ4v) is 1.66. The Morgan fingerprint density at radius 2 is 2.25 bits per heavy atom. The Morgan fingerprint density at radius 3 is 2.75 bits per heavy atom. The van der Waals surface area contributed by atoms with Crippen LogP contribution in [0.25, 0.3) is 0 Å². The van der Waals surface area contributed by atoms with Crippen LogP contribution >= 0.6 is 27.5 Å². The Balaban J connectivity index is 3.11. The average Bonchev–Trinajstić information content (AvgIpc) is 2.03. The van der Waals surface area contributed by atoms with Crippen LogP contribution in [0.2, 0.25) is 5.02 Å². The van der Waals surface area contributed by atoms with Crippen LogP contribution in [0.15, 0.2) is 22.7 Å². The van der Waals surface area contributed by atoms with Crippen molar-refractivity contribution in [3.05, 3.63) is 33.3 Å². The highest BCUT2D eigenvalue weighted by Gasteiger charge is 2.11. The number of nitrogens with zero attached hydrogens (tertiary/aromatic N) is 1. The van der Waals surface area contributed by atoms with E-state index < -0.39 is 6.17 Å². The second-order valence-corrected chi connectivity index (χ2v) is 3.45. The molecular weight excluding hydrogens is 244 g/mol. The topological polar surface area (TPSA) is 23.8 Å². The molecule has 4 heteroatoms. The minimum Gasteiger partial charge on any atom is -0.226 e. The predicted octanol–water partition coefficient (Wildman–Crippen LogP) is 3.64. The largest absolute Gasteiger partial charge is 0.226 e. The Hall–Kier alpha value is -0.590. The van der Waals surface area contributed by atoms with Gasteiger partial charge < -0.3 is 0 Å². The molecule has 0 aliphatic carbocycles. The van der Waals surface area contributed by atoms with Crippen LogP contribution in [0.4, 0.5) is 4.39 Å². The van der Waals surface area contributed by atoms with Crippen molar-refractivity contribution in [3.63, 3.8) is 0 Å². The van der Waals surface area contributed by atoms with E-state index in [1.165, 1.54) is 12.1 Å². The molecule has 0 N–H and O–H groups in total. The lowest BCUT2D eigenvalue weighted by molar-refractivity contribution is 0.422. The summed E-state index contributed by atoms with van der Waals surface area (Å²) in [6.07, 6.45) is -1.60. The van der Waals surface area contributed by atoms with Crippen LogP contribution in [-0.4, -0.2) is 0 Å². The zero-order chi connectivity index (χ0) is 9.14. The summed E-state index contributed by atoms with van der Waals surface area (Å²) in [5.74, 6) is 0. The van der Waals surface area contributed by atoms with Gasteiger partial charge >= 0.3 is 0 Å². The van der Waals surface area contributed by atoms with E-state index in [9.17, 15) is 4.39 Å². The molecule has 12 heavy (non-hydrogen) atoms. The molecule has 0 heterocycles. The molecule has 1 atom stereocenters. The van der Waals surface area contributed by atoms with Gasteiger partial charge in [0.25, 0.3) is 0 Å². The van der Waals surface area contributed by atoms with Gasteiger partial charge in [-0.2, -0.15) is 5.26 Å². The van der Waals surface area contributed by atoms with Gasteiger partial charge in [0.1, 0.15) is 6.07 Å². The van der Waals surface area contributed by atoms with Gasteiger partial charge in [-0.05, 0) is 12.1 Å². The zero-order valence-corrected chi connectivity index (χ0v) is 8.23. The molecule has 0 aromatic heterocycles. The standard InChI is InChI=1S/C8H4BrClFN/c9-7-3-5(10)1-2-6(7)8(11)4-12/h1-3,8H.